The molecule has 1 aromatic heterocycles. The third-order valence-corrected chi connectivity index (χ3v) is 6.76. The lowest BCUT2D eigenvalue weighted by molar-refractivity contribution is -0.119. The summed E-state index contributed by atoms with van der Waals surface area (Å²) in [6, 6.07) is 8.31. The number of hydroxylamine groups is 1. The molecular weight excluding hydrogens is 474 g/mol. The van der Waals surface area contributed by atoms with Gasteiger partial charge < -0.3 is 31.0 Å². The Morgan fingerprint density at radius 3 is 2.77 bits per heavy atom. The Hall–Kier alpha value is -3.90. The van der Waals surface area contributed by atoms with Crippen LogP contribution >= 0.6 is 11.9 Å². The fraction of sp³-hybridized carbons (Fsp3) is 0.261. The van der Waals surface area contributed by atoms with Gasteiger partial charge in [0.1, 0.15) is 28.5 Å². The number of hydrogen-bond donors (Lipinski definition) is 6. The quantitative estimate of drug-likeness (QED) is 0.280. The number of hydrogen-bond acceptors (Lipinski definition) is 10. The normalized spacial score (nSPS) is 15.7. The predicted molar refractivity (Wildman–Crippen MR) is 132 cm³/mol. The zero-order valence-electron chi connectivity index (χ0n) is 18.4. The van der Waals surface area contributed by atoms with E-state index in [-0.39, 0.29) is 34.3 Å². The number of primary amides is 1. The number of fused-ring (bicyclic) bond motifs is 2. The molecule has 1 saturated carbocycles. The largest absolute Gasteiger partial charge is 0.506 e. The molecule has 2 heterocycles. The number of nitrogens with two attached hydrogens (primary N) is 1. The van der Waals surface area contributed by atoms with Gasteiger partial charge in [0.05, 0.1) is 10.4 Å². The Balaban J connectivity index is 1.48. The fourth-order valence-corrected chi connectivity index (χ4v) is 5.16. The lowest BCUT2D eigenvalue weighted by Gasteiger charge is -2.26. The Labute approximate surface area is 203 Å². The summed E-state index contributed by atoms with van der Waals surface area (Å²) in [4.78, 5) is 27.0. The molecule has 1 aliphatic heterocycles. The number of amidine groups is 1. The minimum atomic E-state index is -0.689. The standard InChI is InChI=1S/C23H23N5O6S/c24-18(30)10-34-13-8-16(29)20-17(9-13)35-27-22(28(20)33)19-21(31)14-6-5-12(7-15(14)26-23(19)32)25-11-3-1-2-4-11/h5-9,11,25,29,33H,1-4,10H2,(H2,24,30)(H2,26,31,32). The second kappa shape index (κ2) is 9.04. The molecule has 11 nitrogen and oxygen atoms in total. The second-order valence-electron chi connectivity index (χ2n) is 8.43. The smallest absolute Gasteiger partial charge is 0.263 e. The Morgan fingerprint density at radius 2 is 2.03 bits per heavy atom. The van der Waals surface area contributed by atoms with Gasteiger partial charge in [-0.05, 0) is 37.1 Å². The number of rotatable bonds is 6. The molecule has 0 atom stereocenters. The summed E-state index contributed by atoms with van der Waals surface area (Å²) in [6.07, 6.45) is 4.56. The number of amides is 1. The van der Waals surface area contributed by atoms with Crippen LogP contribution in [0.25, 0.3) is 10.9 Å². The van der Waals surface area contributed by atoms with E-state index in [9.17, 15) is 25.0 Å². The third-order valence-electron chi connectivity index (χ3n) is 5.99. The van der Waals surface area contributed by atoms with E-state index in [0.717, 1.165) is 30.5 Å². The predicted octanol–water partition coefficient (Wildman–Crippen LogP) is 2.82. The Bertz CT molecular complexity index is 1420. The molecule has 0 radical (unpaired) electrons. The van der Waals surface area contributed by atoms with Crippen molar-refractivity contribution in [2.24, 2.45) is 10.1 Å². The molecule has 7 N–H and O–H groups in total. The molecule has 182 valence electrons. The van der Waals surface area contributed by atoms with Crippen molar-refractivity contribution in [1.82, 2.24) is 4.98 Å². The fourth-order valence-electron chi connectivity index (χ4n) is 4.36. The van der Waals surface area contributed by atoms with E-state index in [1.165, 1.54) is 25.0 Å². The van der Waals surface area contributed by atoms with Crippen LogP contribution in [0, 0.1) is 0 Å². The summed E-state index contributed by atoms with van der Waals surface area (Å²) < 4.78 is 9.37. The first kappa shape index (κ1) is 22.9. The van der Waals surface area contributed by atoms with Crippen LogP contribution < -0.4 is 26.4 Å². The number of aromatic hydroxyl groups is 2. The summed E-state index contributed by atoms with van der Waals surface area (Å²) in [6.45, 7) is -0.390. The number of ether oxygens (including phenoxy) is 1. The van der Waals surface area contributed by atoms with Crippen molar-refractivity contribution in [2.75, 3.05) is 17.0 Å². The Kier molecular flexibility index (Phi) is 5.91. The van der Waals surface area contributed by atoms with Crippen molar-refractivity contribution in [3.63, 3.8) is 0 Å². The number of nitrogens with zero attached hydrogens (tertiary/aromatic N) is 2. The number of carbonyl (C=O) groups is 1. The van der Waals surface area contributed by atoms with Gasteiger partial charge >= 0.3 is 0 Å². The number of aromatic amines is 1. The molecule has 1 amide bonds. The zero-order valence-corrected chi connectivity index (χ0v) is 19.3. The Morgan fingerprint density at radius 1 is 1.26 bits per heavy atom. The maximum Gasteiger partial charge on any atom is 0.263 e. The molecule has 2 aliphatic rings. The number of benzene rings is 2. The van der Waals surface area contributed by atoms with Crippen molar-refractivity contribution < 1.29 is 25.0 Å². The number of carbonyl (C=O) groups excluding carboxylic acids is 1. The van der Waals surface area contributed by atoms with Crippen LogP contribution in [0.5, 0.6) is 17.2 Å². The number of H-pyrrole nitrogens is 1. The van der Waals surface area contributed by atoms with Crippen LogP contribution in [0.15, 0.2) is 44.4 Å². The van der Waals surface area contributed by atoms with E-state index in [0.29, 0.717) is 26.9 Å². The van der Waals surface area contributed by atoms with Crippen LogP contribution in [-0.4, -0.2) is 44.8 Å². The number of nitrogens with one attached hydrogen (secondary N) is 2. The summed E-state index contributed by atoms with van der Waals surface area (Å²) in [7, 11) is 0. The molecule has 0 unspecified atom stereocenters. The number of pyridine rings is 1. The first-order valence-corrected chi connectivity index (χ1v) is 11.8. The molecule has 1 fully saturated rings. The van der Waals surface area contributed by atoms with Crippen molar-refractivity contribution in [3.05, 3.63) is 46.2 Å². The molecule has 35 heavy (non-hydrogen) atoms. The van der Waals surface area contributed by atoms with Gasteiger partial charge in [-0.1, -0.05) is 12.8 Å². The van der Waals surface area contributed by atoms with Gasteiger partial charge in [-0.2, -0.15) is 9.46 Å². The average Bonchev–Trinajstić information content (AvgIpc) is 3.31. The summed E-state index contributed by atoms with van der Waals surface area (Å²) in [5.41, 5.74) is 5.39. The SMILES string of the molecule is NC(=O)COc1cc(O)c2c(c1)SN=C(c1c(O)c3ccc(NC4CCCC4)cc3[nH]c1=O)N2O. The summed E-state index contributed by atoms with van der Waals surface area (Å²) in [5.74, 6) is -1.53. The first-order chi connectivity index (χ1) is 16.8. The number of anilines is 2. The van der Waals surface area contributed by atoms with Crippen LogP contribution in [0.3, 0.4) is 0 Å². The lowest BCUT2D eigenvalue weighted by atomic mass is 10.1. The molecule has 0 bridgehead atoms. The number of phenols is 1. The maximum absolute atomic E-state index is 13.0. The van der Waals surface area contributed by atoms with Gasteiger partial charge in [0.15, 0.2) is 12.4 Å². The highest BCUT2D eigenvalue weighted by Crippen LogP contribution is 2.45. The highest BCUT2D eigenvalue weighted by molar-refractivity contribution is 7.98. The van der Waals surface area contributed by atoms with E-state index in [1.807, 2.05) is 6.07 Å². The molecule has 2 aromatic carbocycles. The van der Waals surface area contributed by atoms with Gasteiger partial charge in [0, 0.05) is 35.1 Å². The highest BCUT2D eigenvalue weighted by Gasteiger charge is 2.31. The average molecular weight is 498 g/mol. The molecule has 0 saturated heterocycles. The van der Waals surface area contributed by atoms with Gasteiger partial charge in [-0.25, -0.2) is 0 Å². The van der Waals surface area contributed by atoms with E-state index in [4.69, 9.17) is 10.5 Å². The third kappa shape index (κ3) is 4.33. The molecule has 0 spiro atoms. The monoisotopic (exact) mass is 497 g/mol. The van der Waals surface area contributed by atoms with Gasteiger partial charge in [0.25, 0.3) is 11.5 Å². The van der Waals surface area contributed by atoms with Crippen molar-refractivity contribution >= 4 is 46.0 Å². The molecule has 3 aromatic rings. The van der Waals surface area contributed by atoms with Gasteiger partial charge in [-0.3, -0.25) is 14.8 Å². The van der Waals surface area contributed by atoms with Crippen molar-refractivity contribution in [2.45, 2.75) is 36.6 Å². The van der Waals surface area contributed by atoms with Crippen molar-refractivity contribution in [1.29, 1.82) is 0 Å². The minimum Gasteiger partial charge on any atom is -0.506 e. The topological polar surface area (TPSA) is 174 Å². The van der Waals surface area contributed by atoms with Crippen LogP contribution in [0.2, 0.25) is 0 Å². The number of phenolic OH excluding ortho intramolecular Hbond substituents is 1. The molecule has 1 aliphatic carbocycles. The molecule has 5 rings (SSSR count). The maximum atomic E-state index is 13.0. The summed E-state index contributed by atoms with van der Waals surface area (Å²) in [5, 5.41) is 36.6. The minimum absolute atomic E-state index is 0.0542. The van der Waals surface area contributed by atoms with Gasteiger partial charge in [-0.15, -0.1) is 0 Å². The van der Waals surface area contributed by atoms with E-state index < -0.39 is 18.1 Å². The highest BCUT2D eigenvalue weighted by atomic mass is 32.2. The first-order valence-electron chi connectivity index (χ1n) is 11.0. The zero-order chi connectivity index (χ0) is 24.7. The van der Waals surface area contributed by atoms with E-state index >= 15 is 0 Å². The lowest BCUT2D eigenvalue weighted by Crippen LogP contribution is -2.34. The van der Waals surface area contributed by atoms with Crippen LogP contribution in [-0.2, 0) is 4.79 Å². The molecular formula is C23H23N5O6S. The van der Waals surface area contributed by atoms with Crippen molar-refractivity contribution in [3.8, 4) is 17.2 Å². The second-order valence-corrected chi connectivity index (χ2v) is 9.23. The van der Waals surface area contributed by atoms with Gasteiger partial charge in [0.2, 0.25) is 0 Å². The number of aromatic nitrogens is 1. The van der Waals surface area contributed by atoms with E-state index in [1.54, 1.807) is 12.1 Å². The molecule has 12 heteroatoms. The van der Waals surface area contributed by atoms with Crippen LogP contribution in [0.1, 0.15) is 31.2 Å². The summed E-state index contributed by atoms with van der Waals surface area (Å²) >= 11 is 0.857. The van der Waals surface area contributed by atoms with E-state index in [2.05, 4.69) is 14.7 Å². The van der Waals surface area contributed by atoms with Crippen LogP contribution in [0.4, 0.5) is 11.4 Å².